The van der Waals surface area contributed by atoms with Gasteiger partial charge in [-0.05, 0) is 35.7 Å². The van der Waals surface area contributed by atoms with Gasteiger partial charge < -0.3 is 15.2 Å². The number of aromatic nitrogens is 2. The van der Waals surface area contributed by atoms with E-state index in [0.717, 1.165) is 29.2 Å². The van der Waals surface area contributed by atoms with Gasteiger partial charge in [-0.3, -0.25) is 4.99 Å². The Hall–Kier alpha value is -2.42. The minimum Gasteiger partial charge on any atom is -0.356 e. The summed E-state index contributed by atoms with van der Waals surface area (Å²) in [5.74, 6) is 0.517. The molecule has 0 aliphatic carbocycles. The largest absolute Gasteiger partial charge is 0.356 e. The van der Waals surface area contributed by atoms with E-state index < -0.39 is 0 Å². The van der Waals surface area contributed by atoms with Crippen LogP contribution in [0.1, 0.15) is 11.1 Å². The molecule has 142 valence electrons. The molecule has 0 aliphatic heterocycles. The number of imidazole rings is 1. The van der Waals surface area contributed by atoms with E-state index in [4.69, 9.17) is 0 Å². The van der Waals surface area contributed by atoms with Gasteiger partial charge in [0.05, 0.1) is 12.0 Å². The highest BCUT2D eigenvalue weighted by Gasteiger charge is 2.05. The maximum Gasteiger partial charge on any atom is 0.191 e. The monoisotopic (exact) mass is 479 g/mol. The standard InChI is InChI=1S/C20H22FN5.HI/c1-22-20(24-11-10-16-6-8-18(21)9-7-16)25-14-17-4-2-3-5-19(17)26-13-12-23-15-26;/h2-9,12-13,15H,10-11,14H2,1H3,(H2,22,24,25);1H. The van der Waals surface area contributed by atoms with Crippen molar-refractivity contribution < 1.29 is 4.39 Å². The lowest BCUT2D eigenvalue weighted by atomic mass is 10.1. The van der Waals surface area contributed by atoms with Gasteiger partial charge in [0, 0.05) is 32.5 Å². The lowest BCUT2D eigenvalue weighted by molar-refractivity contribution is 0.626. The molecule has 0 amide bonds. The highest BCUT2D eigenvalue weighted by molar-refractivity contribution is 14.0. The number of para-hydroxylation sites is 1. The Bertz CT molecular complexity index is 847. The van der Waals surface area contributed by atoms with Crippen molar-refractivity contribution in [3.63, 3.8) is 0 Å². The average Bonchev–Trinajstić information content (AvgIpc) is 3.21. The quantitative estimate of drug-likeness (QED) is 0.323. The third kappa shape index (κ3) is 6.06. The molecule has 0 fully saturated rings. The molecule has 0 atom stereocenters. The van der Waals surface area contributed by atoms with Crippen molar-refractivity contribution in [3.05, 3.63) is 84.2 Å². The molecule has 27 heavy (non-hydrogen) atoms. The van der Waals surface area contributed by atoms with Crippen LogP contribution in [0.3, 0.4) is 0 Å². The summed E-state index contributed by atoms with van der Waals surface area (Å²) in [5.41, 5.74) is 3.31. The number of nitrogens with one attached hydrogen (secondary N) is 2. The van der Waals surface area contributed by atoms with Crippen molar-refractivity contribution in [1.29, 1.82) is 0 Å². The minimum absolute atomic E-state index is 0. The van der Waals surface area contributed by atoms with Gasteiger partial charge in [0.2, 0.25) is 0 Å². The summed E-state index contributed by atoms with van der Waals surface area (Å²) in [5, 5.41) is 6.61. The van der Waals surface area contributed by atoms with Crippen molar-refractivity contribution in [3.8, 4) is 5.69 Å². The van der Waals surface area contributed by atoms with Gasteiger partial charge >= 0.3 is 0 Å². The van der Waals surface area contributed by atoms with Crippen molar-refractivity contribution in [2.75, 3.05) is 13.6 Å². The van der Waals surface area contributed by atoms with E-state index >= 15 is 0 Å². The van der Waals surface area contributed by atoms with Crippen molar-refractivity contribution in [1.82, 2.24) is 20.2 Å². The lowest BCUT2D eigenvalue weighted by Gasteiger charge is -2.14. The van der Waals surface area contributed by atoms with Crippen LogP contribution in [-0.4, -0.2) is 29.1 Å². The SMILES string of the molecule is CN=C(NCCc1ccc(F)cc1)NCc1ccccc1-n1ccnc1.I. The molecule has 0 unspecified atom stereocenters. The molecule has 0 spiro atoms. The maximum absolute atomic E-state index is 12.9. The Balaban J connectivity index is 0.00000261. The van der Waals surface area contributed by atoms with Crippen LogP contribution in [0.25, 0.3) is 5.69 Å². The Kier molecular flexibility index (Phi) is 8.25. The molecule has 2 aromatic carbocycles. The number of hydrogen-bond acceptors (Lipinski definition) is 2. The first-order valence-corrected chi connectivity index (χ1v) is 8.51. The van der Waals surface area contributed by atoms with Crippen molar-refractivity contribution in [2.45, 2.75) is 13.0 Å². The van der Waals surface area contributed by atoms with Gasteiger partial charge in [-0.2, -0.15) is 0 Å². The second-order valence-electron chi connectivity index (χ2n) is 5.83. The van der Waals surface area contributed by atoms with E-state index in [1.807, 2.05) is 22.9 Å². The van der Waals surface area contributed by atoms with Crippen LogP contribution >= 0.6 is 24.0 Å². The molecule has 1 aromatic heterocycles. The van der Waals surface area contributed by atoms with E-state index in [1.165, 1.54) is 12.1 Å². The molecular formula is C20H23FIN5. The molecular weight excluding hydrogens is 456 g/mol. The van der Waals surface area contributed by atoms with Crippen LogP contribution in [0, 0.1) is 5.82 Å². The molecule has 0 radical (unpaired) electrons. The fraction of sp³-hybridized carbons (Fsp3) is 0.200. The number of hydrogen-bond donors (Lipinski definition) is 2. The molecule has 3 aromatic rings. The smallest absolute Gasteiger partial charge is 0.191 e. The third-order valence-corrected chi connectivity index (χ3v) is 4.06. The van der Waals surface area contributed by atoms with E-state index in [9.17, 15) is 4.39 Å². The lowest BCUT2D eigenvalue weighted by Crippen LogP contribution is -2.38. The van der Waals surface area contributed by atoms with Crippen LogP contribution in [0.5, 0.6) is 0 Å². The van der Waals surface area contributed by atoms with E-state index in [-0.39, 0.29) is 29.8 Å². The van der Waals surface area contributed by atoms with Crippen molar-refractivity contribution >= 4 is 29.9 Å². The predicted octanol–water partition coefficient (Wildman–Crippen LogP) is 3.54. The van der Waals surface area contributed by atoms with Gasteiger partial charge in [0.25, 0.3) is 0 Å². The average molecular weight is 479 g/mol. The van der Waals surface area contributed by atoms with Crippen LogP contribution < -0.4 is 10.6 Å². The van der Waals surface area contributed by atoms with Gasteiger partial charge in [0.15, 0.2) is 5.96 Å². The van der Waals surface area contributed by atoms with Crippen LogP contribution in [0.4, 0.5) is 4.39 Å². The van der Waals surface area contributed by atoms with Crippen LogP contribution in [0.15, 0.2) is 72.2 Å². The van der Waals surface area contributed by atoms with E-state index in [1.54, 1.807) is 31.7 Å². The first-order chi connectivity index (χ1) is 12.8. The fourth-order valence-electron chi connectivity index (χ4n) is 2.69. The molecule has 2 N–H and O–H groups in total. The Morgan fingerprint density at radius 3 is 2.59 bits per heavy atom. The van der Waals surface area contributed by atoms with Crippen LogP contribution in [-0.2, 0) is 13.0 Å². The Morgan fingerprint density at radius 1 is 1.11 bits per heavy atom. The topological polar surface area (TPSA) is 54.2 Å². The van der Waals surface area contributed by atoms with E-state index in [2.05, 4.69) is 32.7 Å². The van der Waals surface area contributed by atoms with Gasteiger partial charge in [-0.25, -0.2) is 9.37 Å². The van der Waals surface area contributed by atoms with Gasteiger partial charge in [-0.1, -0.05) is 30.3 Å². The number of halogens is 2. The fourth-order valence-corrected chi connectivity index (χ4v) is 2.69. The summed E-state index contributed by atoms with van der Waals surface area (Å²) in [6.07, 6.45) is 6.27. The highest BCUT2D eigenvalue weighted by atomic mass is 127. The molecule has 5 nitrogen and oxygen atoms in total. The number of rotatable bonds is 6. The molecule has 7 heteroatoms. The number of benzene rings is 2. The summed E-state index contributed by atoms with van der Waals surface area (Å²) in [6.45, 7) is 1.36. The maximum atomic E-state index is 12.9. The second-order valence-corrected chi connectivity index (χ2v) is 5.83. The second kappa shape index (κ2) is 10.7. The zero-order valence-electron chi connectivity index (χ0n) is 15.1. The summed E-state index contributed by atoms with van der Waals surface area (Å²) in [4.78, 5) is 8.36. The summed E-state index contributed by atoms with van der Waals surface area (Å²) in [6, 6.07) is 14.7. The zero-order chi connectivity index (χ0) is 18.2. The molecule has 0 aliphatic rings. The molecule has 3 rings (SSSR count). The molecule has 1 heterocycles. The van der Waals surface area contributed by atoms with Gasteiger partial charge in [0.1, 0.15) is 5.82 Å². The molecule has 0 saturated heterocycles. The summed E-state index contributed by atoms with van der Waals surface area (Å²) in [7, 11) is 1.75. The number of nitrogens with zero attached hydrogens (tertiary/aromatic N) is 3. The normalized spacial score (nSPS) is 11.0. The summed E-state index contributed by atoms with van der Waals surface area (Å²) >= 11 is 0. The number of guanidine groups is 1. The zero-order valence-corrected chi connectivity index (χ0v) is 17.4. The van der Waals surface area contributed by atoms with Crippen LogP contribution in [0.2, 0.25) is 0 Å². The highest BCUT2D eigenvalue weighted by Crippen LogP contribution is 2.13. The van der Waals surface area contributed by atoms with Gasteiger partial charge in [-0.15, -0.1) is 24.0 Å². The Labute approximate surface area is 175 Å². The predicted molar refractivity (Wildman–Crippen MR) is 117 cm³/mol. The van der Waals surface area contributed by atoms with Crippen molar-refractivity contribution in [2.24, 2.45) is 4.99 Å². The minimum atomic E-state index is -0.212. The molecule has 0 bridgehead atoms. The Morgan fingerprint density at radius 2 is 1.89 bits per heavy atom. The first-order valence-electron chi connectivity index (χ1n) is 8.51. The number of aliphatic imine (C=N–C) groups is 1. The summed E-state index contributed by atoms with van der Waals surface area (Å²) < 4.78 is 14.9. The third-order valence-electron chi connectivity index (χ3n) is 4.06. The first kappa shape index (κ1) is 20.9. The molecule has 0 saturated carbocycles. The van der Waals surface area contributed by atoms with E-state index in [0.29, 0.717) is 13.1 Å².